The number of methoxy groups -OCH3 is 1. The summed E-state index contributed by atoms with van der Waals surface area (Å²) in [6.45, 7) is 6.27. The Morgan fingerprint density at radius 1 is 1.30 bits per heavy atom. The van der Waals surface area contributed by atoms with Crippen molar-refractivity contribution in [2.24, 2.45) is 0 Å². The molecule has 1 atom stereocenters. The number of nitrogens with one attached hydrogen (secondary N) is 1. The summed E-state index contributed by atoms with van der Waals surface area (Å²) >= 11 is 0. The van der Waals surface area contributed by atoms with Gasteiger partial charge in [0.25, 0.3) is 0 Å². The summed E-state index contributed by atoms with van der Waals surface area (Å²) in [7, 11) is -2.08. The molecule has 0 aliphatic carbocycles. The number of nitrogens with zero attached hydrogens (tertiary/aromatic N) is 2. The van der Waals surface area contributed by atoms with Gasteiger partial charge in [0.2, 0.25) is 15.9 Å². The summed E-state index contributed by atoms with van der Waals surface area (Å²) in [6.07, 6.45) is 1.90. The molecule has 1 N–H and O–H groups in total. The third-order valence-electron chi connectivity index (χ3n) is 4.47. The predicted octanol–water partition coefficient (Wildman–Crippen LogP) is 0.688. The molecule has 2 rings (SSSR count). The first kappa shape index (κ1) is 21.5. The molecule has 1 amide bonds. The normalized spacial score (nSPS) is 16.6. The SMILES string of the molecule is COc1ccc(N([C@H](C)C(=O)NCCCN2CCOCC2)S(C)(=O)=O)cc1. The van der Waals surface area contributed by atoms with Crippen LogP contribution in [0.1, 0.15) is 13.3 Å². The van der Waals surface area contributed by atoms with E-state index in [0.29, 0.717) is 18.0 Å². The molecule has 1 aromatic rings. The van der Waals surface area contributed by atoms with Crippen LogP contribution in [0.15, 0.2) is 24.3 Å². The summed E-state index contributed by atoms with van der Waals surface area (Å²) in [5, 5.41) is 2.84. The first-order valence-corrected chi connectivity index (χ1v) is 10.9. The van der Waals surface area contributed by atoms with E-state index in [1.165, 1.54) is 7.11 Å². The zero-order chi connectivity index (χ0) is 19.9. The van der Waals surface area contributed by atoms with Gasteiger partial charge in [-0.2, -0.15) is 0 Å². The Morgan fingerprint density at radius 3 is 2.48 bits per heavy atom. The molecule has 1 aliphatic rings. The van der Waals surface area contributed by atoms with Gasteiger partial charge in [-0.15, -0.1) is 0 Å². The summed E-state index contributed by atoms with van der Waals surface area (Å²) in [6, 6.07) is 5.74. The zero-order valence-electron chi connectivity index (χ0n) is 16.2. The summed E-state index contributed by atoms with van der Waals surface area (Å²) < 4.78 is 36.1. The molecular formula is C18H29N3O5S. The van der Waals surface area contributed by atoms with Crippen molar-refractivity contribution in [3.05, 3.63) is 24.3 Å². The fourth-order valence-corrected chi connectivity index (χ4v) is 4.20. The van der Waals surface area contributed by atoms with Gasteiger partial charge in [-0.1, -0.05) is 0 Å². The van der Waals surface area contributed by atoms with Crippen LogP contribution in [0, 0.1) is 0 Å². The van der Waals surface area contributed by atoms with E-state index in [1.54, 1.807) is 31.2 Å². The maximum atomic E-state index is 12.5. The number of amides is 1. The van der Waals surface area contributed by atoms with Crippen molar-refractivity contribution >= 4 is 21.6 Å². The molecule has 1 heterocycles. The Hall–Kier alpha value is -1.84. The number of hydrogen-bond donors (Lipinski definition) is 1. The quantitative estimate of drug-likeness (QED) is 0.615. The topological polar surface area (TPSA) is 88.2 Å². The Kier molecular flexibility index (Phi) is 7.88. The van der Waals surface area contributed by atoms with Gasteiger partial charge in [0.05, 0.1) is 32.3 Å². The van der Waals surface area contributed by atoms with E-state index in [1.807, 2.05) is 0 Å². The third-order valence-corrected chi connectivity index (χ3v) is 5.71. The van der Waals surface area contributed by atoms with Gasteiger partial charge in [-0.05, 0) is 44.2 Å². The number of rotatable bonds is 9. The van der Waals surface area contributed by atoms with Crippen molar-refractivity contribution in [2.45, 2.75) is 19.4 Å². The molecule has 9 heteroatoms. The molecule has 1 aromatic carbocycles. The van der Waals surface area contributed by atoms with Crippen LogP contribution in [0.3, 0.4) is 0 Å². The minimum absolute atomic E-state index is 0.321. The highest BCUT2D eigenvalue weighted by atomic mass is 32.2. The van der Waals surface area contributed by atoms with Crippen molar-refractivity contribution in [3.63, 3.8) is 0 Å². The minimum Gasteiger partial charge on any atom is -0.497 e. The molecule has 1 saturated heterocycles. The van der Waals surface area contributed by atoms with Gasteiger partial charge in [-0.3, -0.25) is 14.0 Å². The molecule has 1 fully saturated rings. The van der Waals surface area contributed by atoms with E-state index in [2.05, 4.69) is 10.2 Å². The summed E-state index contributed by atoms with van der Waals surface area (Å²) in [5.41, 5.74) is 0.425. The highest BCUT2D eigenvalue weighted by molar-refractivity contribution is 7.92. The van der Waals surface area contributed by atoms with Gasteiger partial charge in [-0.25, -0.2) is 8.42 Å². The van der Waals surface area contributed by atoms with Gasteiger partial charge < -0.3 is 14.8 Å². The van der Waals surface area contributed by atoms with Crippen molar-refractivity contribution in [1.29, 1.82) is 0 Å². The average Bonchev–Trinajstić information content (AvgIpc) is 2.65. The Labute approximate surface area is 161 Å². The molecule has 0 unspecified atom stereocenters. The lowest BCUT2D eigenvalue weighted by Crippen LogP contribution is -2.48. The van der Waals surface area contributed by atoms with E-state index in [4.69, 9.17) is 9.47 Å². The van der Waals surface area contributed by atoms with Gasteiger partial charge in [0, 0.05) is 19.6 Å². The number of hydrogen-bond acceptors (Lipinski definition) is 6. The number of sulfonamides is 1. The Balaban J connectivity index is 1.93. The van der Waals surface area contributed by atoms with Gasteiger partial charge in [0.15, 0.2) is 0 Å². The molecule has 8 nitrogen and oxygen atoms in total. The van der Waals surface area contributed by atoms with E-state index >= 15 is 0 Å². The fraction of sp³-hybridized carbons (Fsp3) is 0.611. The molecule has 1 aliphatic heterocycles. The standard InChI is InChI=1S/C18H29N3O5S/c1-15(18(22)19-9-4-10-20-11-13-26-14-12-20)21(27(3,23)24)16-5-7-17(25-2)8-6-16/h5-8,15H,4,9-14H2,1-3H3,(H,19,22)/t15-/m1/s1. The number of benzene rings is 1. The molecule has 27 heavy (non-hydrogen) atoms. The second-order valence-corrected chi connectivity index (χ2v) is 8.39. The molecule has 0 radical (unpaired) electrons. The van der Waals surface area contributed by atoms with Crippen LogP contribution in [0.4, 0.5) is 5.69 Å². The van der Waals surface area contributed by atoms with Crippen LogP contribution in [0.25, 0.3) is 0 Å². The lowest BCUT2D eigenvalue weighted by Gasteiger charge is -2.29. The molecule has 152 valence electrons. The van der Waals surface area contributed by atoms with Crippen molar-refractivity contribution in [3.8, 4) is 5.75 Å². The van der Waals surface area contributed by atoms with Crippen molar-refractivity contribution < 1.29 is 22.7 Å². The van der Waals surface area contributed by atoms with E-state index in [0.717, 1.165) is 49.8 Å². The van der Waals surface area contributed by atoms with Crippen LogP contribution in [-0.4, -0.2) is 78.0 Å². The third kappa shape index (κ3) is 6.37. The number of ether oxygens (including phenoxy) is 2. The van der Waals surface area contributed by atoms with E-state index in [-0.39, 0.29) is 5.91 Å². The highest BCUT2D eigenvalue weighted by Gasteiger charge is 2.28. The number of anilines is 1. The van der Waals surface area contributed by atoms with Crippen molar-refractivity contribution in [1.82, 2.24) is 10.2 Å². The molecule has 0 aromatic heterocycles. The maximum absolute atomic E-state index is 12.5. The van der Waals surface area contributed by atoms with Crippen LogP contribution in [0.5, 0.6) is 5.75 Å². The lowest BCUT2D eigenvalue weighted by atomic mass is 10.2. The highest BCUT2D eigenvalue weighted by Crippen LogP contribution is 2.23. The maximum Gasteiger partial charge on any atom is 0.243 e. The lowest BCUT2D eigenvalue weighted by molar-refractivity contribution is -0.121. The number of carbonyl (C=O) groups is 1. The fourth-order valence-electron chi connectivity index (χ4n) is 3.02. The Bertz CT molecular complexity index is 702. The van der Waals surface area contributed by atoms with E-state index in [9.17, 15) is 13.2 Å². The van der Waals surface area contributed by atoms with Gasteiger partial charge in [0.1, 0.15) is 11.8 Å². The summed E-state index contributed by atoms with van der Waals surface area (Å²) in [5.74, 6) is 0.297. The molecule has 0 spiro atoms. The largest absolute Gasteiger partial charge is 0.497 e. The smallest absolute Gasteiger partial charge is 0.243 e. The Morgan fingerprint density at radius 2 is 1.93 bits per heavy atom. The van der Waals surface area contributed by atoms with Crippen LogP contribution >= 0.6 is 0 Å². The predicted molar refractivity (Wildman–Crippen MR) is 105 cm³/mol. The second-order valence-electron chi connectivity index (χ2n) is 6.53. The molecule has 0 saturated carbocycles. The van der Waals surface area contributed by atoms with E-state index < -0.39 is 16.1 Å². The van der Waals surface area contributed by atoms with Gasteiger partial charge >= 0.3 is 0 Å². The van der Waals surface area contributed by atoms with Crippen LogP contribution < -0.4 is 14.4 Å². The first-order valence-electron chi connectivity index (χ1n) is 9.04. The number of carbonyl (C=O) groups excluding carboxylic acids is 1. The minimum atomic E-state index is -3.62. The second kappa shape index (κ2) is 9.91. The number of morpholine rings is 1. The first-order chi connectivity index (χ1) is 12.8. The monoisotopic (exact) mass is 399 g/mol. The average molecular weight is 400 g/mol. The zero-order valence-corrected chi connectivity index (χ0v) is 17.0. The van der Waals surface area contributed by atoms with Crippen LogP contribution in [-0.2, 0) is 19.6 Å². The molecular weight excluding hydrogens is 370 g/mol. The molecule has 0 bridgehead atoms. The summed E-state index contributed by atoms with van der Waals surface area (Å²) in [4.78, 5) is 14.8. The van der Waals surface area contributed by atoms with Crippen molar-refractivity contribution in [2.75, 3.05) is 57.1 Å². The van der Waals surface area contributed by atoms with Crippen LogP contribution in [0.2, 0.25) is 0 Å².